The maximum atomic E-state index is 5.71. The Balaban J connectivity index is 2.00. The van der Waals surface area contributed by atoms with E-state index >= 15 is 0 Å². The third-order valence-corrected chi connectivity index (χ3v) is 3.82. The van der Waals surface area contributed by atoms with Crippen molar-refractivity contribution >= 4 is 0 Å². The summed E-state index contributed by atoms with van der Waals surface area (Å²) in [5.74, 6) is 0.622. The van der Waals surface area contributed by atoms with Gasteiger partial charge in [0.25, 0.3) is 0 Å². The van der Waals surface area contributed by atoms with Crippen LogP contribution in [-0.4, -0.2) is 35.1 Å². The van der Waals surface area contributed by atoms with Crippen LogP contribution in [0, 0.1) is 5.92 Å². The van der Waals surface area contributed by atoms with E-state index in [1.807, 2.05) is 17.9 Å². The largest absolute Gasteiger partial charge is 0.378 e. The van der Waals surface area contributed by atoms with Crippen molar-refractivity contribution < 1.29 is 4.74 Å². The molecule has 0 radical (unpaired) electrons. The summed E-state index contributed by atoms with van der Waals surface area (Å²) in [4.78, 5) is 0. The van der Waals surface area contributed by atoms with Gasteiger partial charge in [-0.3, -0.25) is 4.68 Å². The summed E-state index contributed by atoms with van der Waals surface area (Å²) >= 11 is 0. The molecule has 0 aromatic carbocycles. The van der Waals surface area contributed by atoms with Gasteiger partial charge >= 0.3 is 0 Å². The molecule has 1 aliphatic rings. The highest BCUT2D eigenvalue weighted by Gasteiger charge is 2.31. The van der Waals surface area contributed by atoms with Gasteiger partial charge in [0.15, 0.2) is 0 Å². The quantitative estimate of drug-likeness (QED) is 0.837. The number of aromatic nitrogens is 2. The van der Waals surface area contributed by atoms with E-state index in [-0.39, 0.29) is 0 Å². The number of hydrogen-bond donors (Lipinski definition) is 1. The average molecular weight is 251 g/mol. The smallest absolute Gasteiger partial charge is 0.0590 e. The summed E-state index contributed by atoms with van der Waals surface area (Å²) in [6.07, 6.45) is 7.85. The molecule has 0 amide bonds. The molecule has 1 aromatic heterocycles. The van der Waals surface area contributed by atoms with Crippen molar-refractivity contribution in [2.45, 2.75) is 45.3 Å². The highest BCUT2D eigenvalue weighted by atomic mass is 16.5. The molecule has 0 aliphatic carbocycles. The van der Waals surface area contributed by atoms with E-state index in [2.05, 4.69) is 30.5 Å². The molecular weight excluding hydrogens is 226 g/mol. The predicted molar refractivity (Wildman–Crippen MR) is 72.5 cm³/mol. The van der Waals surface area contributed by atoms with Crippen molar-refractivity contribution in [2.24, 2.45) is 13.0 Å². The highest BCUT2D eigenvalue weighted by Crippen LogP contribution is 2.25. The molecule has 3 unspecified atom stereocenters. The summed E-state index contributed by atoms with van der Waals surface area (Å²) in [7, 11) is 1.97. The van der Waals surface area contributed by atoms with Crippen molar-refractivity contribution in [1.29, 1.82) is 0 Å². The third kappa shape index (κ3) is 3.33. The molecule has 4 heteroatoms. The number of nitrogens with one attached hydrogen (secondary N) is 1. The molecule has 0 saturated carbocycles. The molecule has 0 spiro atoms. The summed E-state index contributed by atoms with van der Waals surface area (Å²) in [5.41, 5.74) is 1.31. The second kappa shape index (κ2) is 6.34. The molecule has 1 fully saturated rings. The number of hydrogen-bond acceptors (Lipinski definition) is 3. The molecule has 18 heavy (non-hydrogen) atoms. The van der Waals surface area contributed by atoms with Crippen molar-refractivity contribution in [3.63, 3.8) is 0 Å². The van der Waals surface area contributed by atoms with Crippen LogP contribution in [-0.2, 0) is 18.2 Å². The van der Waals surface area contributed by atoms with Crippen molar-refractivity contribution in [3.05, 3.63) is 18.0 Å². The lowest BCUT2D eigenvalue weighted by atomic mass is 9.89. The van der Waals surface area contributed by atoms with Gasteiger partial charge in [-0.15, -0.1) is 0 Å². The number of ether oxygens (including phenoxy) is 1. The average Bonchev–Trinajstić information content (AvgIpc) is 2.93. The van der Waals surface area contributed by atoms with Crippen LogP contribution in [0.3, 0.4) is 0 Å². The molecule has 2 heterocycles. The number of aryl methyl sites for hydroxylation is 1. The van der Waals surface area contributed by atoms with Gasteiger partial charge in [-0.2, -0.15) is 5.10 Å². The second-order valence-electron chi connectivity index (χ2n) is 5.32. The van der Waals surface area contributed by atoms with E-state index in [1.54, 1.807) is 0 Å². The lowest BCUT2D eigenvalue weighted by molar-refractivity contribution is 0.0954. The zero-order chi connectivity index (χ0) is 13.0. The first-order valence-corrected chi connectivity index (χ1v) is 7.03. The maximum Gasteiger partial charge on any atom is 0.0590 e. The first kappa shape index (κ1) is 13.6. The second-order valence-corrected chi connectivity index (χ2v) is 5.32. The first-order chi connectivity index (χ1) is 8.70. The number of rotatable bonds is 6. The van der Waals surface area contributed by atoms with Crippen molar-refractivity contribution in [1.82, 2.24) is 15.1 Å². The molecule has 102 valence electrons. The Labute approximate surface area is 110 Å². The minimum Gasteiger partial charge on any atom is -0.378 e. The van der Waals surface area contributed by atoms with Gasteiger partial charge in [-0.05, 0) is 38.3 Å². The lowest BCUT2D eigenvalue weighted by Crippen LogP contribution is -2.41. The SMILES string of the molecule is CCCNC(Cc1cnn(C)c1)C1CCOC1C. The van der Waals surface area contributed by atoms with E-state index in [1.165, 1.54) is 18.4 Å². The lowest BCUT2D eigenvalue weighted by Gasteiger charge is -2.26. The van der Waals surface area contributed by atoms with Crippen LogP contribution >= 0.6 is 0 Å². The third-order valence-electron chi connectivity index (χ3n) is 3.82. The highest BCUT2D eigenvalue weighted by molar-refractivity contribution is 5.07. The Kier molecular flexibility index (Phi) is 4.78. The van der Waals surface area contributed by atoms with Crippen molar-refractivity contribution in [2.75, 3.05) is 13.2 Å². The first-order valence-electron chi connectivity index (χ1n) is 7.03. The topological polar surface area (TPSA) is 39.1 Å². The van der Waals surface area contributed by atoms with Crippen LogP contribution in [0.5, 0.6) is 0 Å². The van der Waals surface area contributed by atoms with E-state index in [0.29, 0.717) is 18.1 Å². The Morgan fingerprint density at radius 2 is 2.44 bits per heavy atom. The Morgan fingerprint density at radius 3 is 3.00 bits per heavy atom. The molecule has 1 N–H and O–H groups in total. The monoisotopic (exact) mass is 251 g/mol. The normalized spacial score (nSPS) is 25.5. The van der Waals surface area contributed by atoms with Crippen LogP contribution in [0.1, 0.15) is 32.3 Å². The van der Waals surface area contributed by atoms with Gasteiger partial charge < -0.3 is 10.1 Å². The van der Waals surface area contributed by atoms with Gasteiger partial charge in [0.1, 0.15) is 0 Å². The Morgan fingerprint density at radius 1 is 1.61 bits per heavy atom. The van der Waals surface area contributed by atoms with Crippen LogP contribution in [0.15, 0.2) is 12.4 Å². The molecule has 1 saturated heterocycles. The minimum absolute atomic E-state index is 0.371. The molecule has 2 rings (SSSR count). The minimum atomic E-state index is 0.371. The molecule has 4 nitrogen and oxygen atoms in total. The summed E-state index contributed by atoms with van der Waals surface area (Å²) in [5, 5.41) is 7.94. The fourth-order valence-electron chi connectivity index (χ4n) is 2.81. The van der Waals surface area contributed by atoms with E-state index < -0.39 is 0 Å². The fourth-order valence-corrected chi connectivity index (χ4v) is 2.81. The van der Waals surface area contributed by atoms with Crippen molar-refractivity contribution in [3.8, 4) is 0 Å². The fraction of sp³-hybridized carbons (Fsp3) is 0.786. The van der Waals surface area contributed by atoms with Gasteiger partial charge in [0, 0.05) is 31.8 Å². The van der Waals surface area contributed by atoms with Crippen LogP contribution < -0.4 is 5.32 Å². The molecule has 3 atom stereocenters. The standard InChI is InChI=1S/C14H25N3O/c1-4-6-15-14(13-5-7-18-11(13)2)8-12-9-16-17(3)10-12/h9-11,13-15H,4-8H2,1-3H3. The van der Waals surface area contributed by atoms with Gasteiger partial charge in [-0.1, -0.05) is 6.92 Å². The molecule has 0 bridgehead atoms. The zero-order valence-corrected chi connectivity index (χ0v) is 11.7. The predicted octanol–water partition coefficient (Wildman–Crippen LogP) is 1.76. The van der Waals surface area contributed by atoms with Gasteiger partial charge in [0.05, 0.1) is 12.3 Å². The van der Waals surface area contributed by atoms with Crippen LogP contribution in [0.25, 0.3) is 0 Å². The van der Waals surface area contributed by atoms with E-state index in [9.17, 15) is 0 Å². The summed E-state index contributed by atoms with van der Waals surface area (Å²) in [6.45, 7) is 6.39. The summed E-state index contributed by atoms with van der Waals surface area (Å²) < 4.78 is 7.58. The van der Waals surface area contributed by atoms with Gasteiger partial charge in [0.2, 0.25) is 0 Å². The van der Waals surface area contributed by atoms with Gasteiger partial charge in [-0.25, -0.2) is 0 Å². The van der Waals surface area contributed by atoms with E-state index in [4.69, 9.17) is 4.74 Å². The van der Waals surface area contributed by atoms with E-state index in [0.717, 1.165) is 19.6 Å². The number of nitrogens with zero attached hydrogens (tertiary/aromatic N) is 2. The summed E-state index contributed by atoms with van der Waals surface area (Å²) in [6, 6.07) is 0.506. The molecule has 1 aromatic rings. The van der Waals surface area contributed by atoms with Crippen LogP contribution in [0.2, 0.25) is 0 Å². The Bertz CT molecular complexity index is 364. The Hall–Kier alpha value is -0.870. The zero-order valence-electron chi connectivity index (χ0n) is 11.7. The van der Waals surface area contributed by atoms with Crippen LogP contribution in [0.4, 0.5) is 0 Å². The molecule has 1 aliphatic heterocycles. The maximum absolute atomic E-state index is 5.71. The molecular formula is C14H25N3O.